The van der Waals surface area contributed by atoms with Crippen molar-refractivity contribution in [3.63, 3.8) is 0 Å². The summed E-state index contributed by atoms with van der Waals surface area (Å²) in [7, 11) is -2.71. The minimum atomic E-state index is -3.33. The third-order valence-electron chi connectivity index (χ3n) is 1.85. The zero-order chi connectivity index (χ0) is 12.7. The molecule has 1 rings (SSSR count). The van der Waals surface area contributed by atoms with E-state index >= 15 is 0 Å². The molecular formula is C11H14O4S2. The highest BCUT2D eigenvalue weighted by molar-refractivity contribution is 8.71. The van der Waals surface area contributed by atoms with Gasteiger partial charge in [-0.3, -0.25) is 4.79 Å². The molecule has 0 radical (unpaired) electrons. The van der Waals surface area contributed by atoms with Crippen LogP contribution in [0.3, 0.4) is 0 Å². The van der Waals surface area contributed by atoms with Crippen LogP contribution < -0.4 is 0 Å². The maximum atomic E-state index is 11.7. The number of carbonyl (C=O) groups excluding carboxylic acids is 1. The molecule has 6 heteroatoms. The fourth-order valence-electron chi connectivity index (χ4n) is 1.16. The third kappa shape index (κ3) is 5.74. The minimum Gasteiger partial charge on any atom is -0.465 e. The molecule has 0 aromatic heterocycles. The number of hydrogen-bond acceptors (Lipinski definition) is 5. The van der Waals surface area contributed by atoms with E-state index in [0.29, 0.717) is 16.4 Å². The molecule has 0 bridgehead atoms. The zero-order valence-corrected chi connectivity index (χ0v) is 11.1. The number of benzene rings is 1. The number of esters is 1. The molecule has 17 heavy (non-hydrogen) atoms. The molecule has 0 heterocycles. The van der Waals surface area contributed by atoms with Crippen molar-refractivity contribution in [3.8, 4) is 0 Å². The highest BCUT2D eigenvalue weighted by Gasteiger charge is 2.15. The standard InChI is InChI=1S/C11H14O4S2/c1-2-15-11(12)8-16-17(13,14)9-10-6-4-3-5-7-10/h3-7H,2,8-9H2,1H3. The van der Waals surface area contributed by atoms with Crippen molar-refractivity contribution < 1.29 is 17.9 Å². The van der Waals surface area contributed by atoms with Crippen LogP contribution in [-0.4, -0.2) is 26.7 Å². The van der Waals surface area contributed by atoms with Crippen LogP contribution in [0.5, 0.6) is 0 Å². The number of rotatable bonds is 6. The van der Waals surface area contributed by atoms with Gasteiger partial charge >= 0.3 is 5.97 Å². The SMILES string of the molecule is CCOC(=O)CSS(=O)(=O)Cc1ccccc1. The van der Waals surface area contributed by atoms with Crippen LogP contribution in [0.15, 0.2) is 30.3 Å². The van der Waals surface area contributed by atoms with E-state index in [9.17, 15) is 13.2 Å². The lowest BCUT2D eigenvalue weighted by atomic mass is 10.2. The highest BCUT2D eigenvalue weighted by Crippen LogP contribution is 2.18. The molecule has 0 fully saturated rings. The minimum absolute atomic E-state index is 0.0715. The van der Waals surface area contributed by atoms with Crippen LogP contribution in [0.1, 0.15) is 12.5 Å². The van der Waals surface area contributed by atoms with Gasteiger partial charge in [0, 0.05) is 0 Å². The summed E-state index contributed by atoms with van der Waals surface area (Å²) in [6.45, 7) is 1.94. The summed E-state index contributed by atoms with van der Waals surface area (Å²) in [6, 6.07) is 8.86. The van der Waals surface area contributed by atoms with Crippen molar-refractivity contribution in [2.75, 3.05) is 12.4 Å². The molecule has 0 amide bonds. The van der Waals surface area contributed by atoms with Crippen LogP contribution in [-0.2, 0) is 24.2 Å². The first-order valence-electron chi connectivity index (χ1n) is 5.10. The fraction of sp³-hybridized carbons (Fsp3) is 0.364. The van der Waals surface area contributed by atoms with Gasteiger partial charge < -0.3 is 4.74 Å². The monoisotopic (exact) mass is 274 g/mol. The van der Waals surface area contributed by atoms with Crippen molar-refractivity contribution in [3.05, 3.63) is 35.9 Å². The molecular weight excluding hydrogens is 260 g/mol. The predicted octanol–water partition coefficient (Wildman–Crippen LogP) is 1.81. The molecule has 94 valence electrons. The predicted molar refractivity (Wildman–Crippen MR) is 68.2 cm³/mol. The highest BCUT2D eigenvalue weighted by atomic mass is 33.1. The van der Waals surface area contributed by atoms with E-state index in [1.165, 1.54) is 0 Å². The molecule has 0 aliphatic carbocycles. The number of ether oxygens (including phenoxy) is 1. The Morgan fingerprint density at radius 2 is 1.94 bits per heavy atom. The Morgan fingerprint density at radius 3 is 2.53 bits per heavy atom. The first-order valence-corrected chi connectivity index (χ1v) is 8.25. The van der Waals surface area contributed by atoms with Crippen LogP contribution >= 0.6 is 10.8 Å². The van der Waals surface area contributed by atoms with E-state index in [0.717, 1.165) is 0 Å². The van der Waals surface area contributed by atoms with E-state index < -0.39 is 14.8 Å². The normalized spacial score (nSPS) is 11.1. The molecule has 0 unspecified atom stereocenters. The van der Waals surface area contributed by atoms with Crippen LogP contribution in [0.25, 0.3) is 0 Å². The Bertz CT molecular complexity index is 454. The van der Waals surface area contributed by atoms with E-state index in [4.69, 9.17) is 0 Å². The zero-order valence-electron chi connectivity index (χ0n) is 9.46. The van der Waals surface area contributed by atoms with Gasteiger partial charge in [0.15, 0.2) is 0 Å². The van der Waals surface area contributed by atoms with Gasteiger partial charge in [-0.25, -0.2) is 8.42 Å². The van der Waals surface area contributed by atoms with Gasteiger partial charge in [-0.15, -0.1) is 0 Å². The molecule has 0 N–H and O–H groups in total. The number of carbonyl (C=O) groups is 1. The van der Waals surface area contributed by atoms with Gasteiger partial charge in [0.1, 0.15) is 5.75 Å². The molecule has 0 spiro atoms. The first-order chi connectivity index (χ1) is 8.03. The molecule has 1 aromatic rings. The summed E-state index contributed by atoms with van der Waals surface area (Å²) in [5.74, 6) is -0.741. The maximum absolute atomic E-state index is 11.7. The molecule has 0 saturated heterocycles. The van der Waals surface area contributed by atoms with Crippen LogP contribution in [0, 0.1) is 0 Å². The second-order valence-electron chi connectivity index (χ2n) is 3.25. The van der Waals surface area contributed by atoms with Crippen LogP contribution in [0.4, 0.5) is 0 Å². The van der Waals surface area contributed by atoms with Crippen molar-refractivity contribution >= 4 is 25.6 Å². The van der Waals surface area contributed by atoms with E-state index in [1.54, 1.807) is 31.2 Å². The molecule has 4 nitrogen and oxygen atoms in total. The summed E-state index contributed by atoms with van der Waals surface area (Å²) >= 11 is 0. The Balaban J connectivity index is 2.50. The first kappa shape index (κ1) is 14.1. The van der Waals surface area contributed by atoms with Gasteiger partial charge in [-0.2, -0.15) is 0 Å². The lowest BCUT2D eigenvalue weighted by Crippen LogP contribution is -2.10. The summed E-state index contributed by atoms with van der Waals surface area (Å²) in [5.41, 5.74) is 0.712. The van der Waals surface area contributed by atoms with Crippen molar-refractivity contribution in [2.24, 2.45) is 0 Å². The van der Waals surface area contributed by atoms with Gasteiger partial charge in [0.2, 0.25) is 8.87 Å². The summed E-state index contributed by atoms with van der Waals surface area (Å²) in [5, 5.41) is 0. The molecule has 0 atom stereocenters. The van der Waals surface area contributed by atoms with E-state index in [2.05, 4.69) is 4.74 Å². The summed E-state index contributed by atoms with van der Waals surface area (Å²) < 4.78 is 28.0. The molecule has 0 aliphatic rings. The third-order valence-corrected chi connectivity index (χ3v) is 5.03. The van der Waals surface area contributed by atoms with Crippen molar-refractivity contribution in [2.45, 2.75) is 12.7 Å². The Labute approximate surface area is 105 Å². The summed E-state index contributed by atoms with van der Waals surface area (Å²) in [6.07, 6.45) is 0. The maximum Gasteiger partial charge on any atom is 0.316 e. The van der Waals surface area contributed by atoms with Gasteiger partial charge in [-0.05, 0) is 23.3 Å². The Morgan fingerprint density at radius 1 is 1.29 bits per heavy atom. The Hall–Kier alpha value is -1.01. The second kappa shape index (κ2) is 6.66. The number of hydrogen-bond donors (Lipinski definition) is 0. The smallest absolute Gasteiger partial charge is 0.316 e. The van der Waals surface area contributed by atoms with Gasteiger partial charge in [-0.1, -0.05) is 30.3 Å². The van der Waals surface area contributed by atoms with Crippen LogP contribution in [0.2, 0.25) is 0 Å². The Kier molecular flexibility index (Phi) is 5.50. The fourth-order valence-corrected chi connectivity index (χ4v) is 3.69. The van der Waals surface area contributed by atoms with Crippen molar-refractivity contribution in [1.82, 2.24) is 0 Å². The average Bonchev–Trinajstić information content (AvgIpc) is 2.28. The molecule has 0 saturated carbocycles. The van der Waals surface area contributed by atoms with Crippen molar-refractivity contribution in [1.29, 1.82) is 0 Å². The largest absolute Gasteiger partial charge is 0.465 e. The lowest BCUT2D eigenvalue weighted by molar-refractivity contribution is -0.139. The van der Waals surface area contributed by atoms with E-state index in [-0.39, 0.29) is 18.1 Å². The molecule has 1 aromatic carbocycles. The second-order valence-corrected chi connectivity index (χ2v) is 7.41. The summed E-state index contributed by atoms with van der Waals surface area (Å²) in [4.78, 5) is 11.0. The quantitative estimate of drug-likeness (QED) is 0.585. The topological polar surface area (TPSA) is 60.4 Å². The van der Waals surface area contributed by atoms with Gasteiger partial charge in [0.05, 0.1) is 12.4 Å². The van der Waals surface area contributed by atoms with Gasteiger partial charge in [0.25, 0.3) is 0 Å². The molecule has 0 aliphatic heterocycles. The average molecular weight is 274 g/mol. The van der Waals surface area contributed by atoms with E-state index in [1.807, 2.05) is 6.07 Å². The lowest BCUT2D eigenvalue weighted by Gasteiger charge is -2.03.